The number of hydrogen-bond donors (Lipinski definition) is 3. The molecule has 148 valence electrons. The van der Waals surface area contributed by atoms with E-state index in [1.807, 2.05) is 30.3 Å². The highest BCUT2D eigenvalue weighted by molar-refractivity contribution is 5.89. The number of nitrogens with zero attached hydrogens (tertiary/aromatic N) is 1. The van der Waals surface area contributed by atoms with Gasteiger partial charge in [-0.2, -0.15) is 0 Å². The van der Waals surface area contributed by atoms with Gasteiger partial charge in [0, 0.05) is 12.5 Å². The molecule has 0 radical (unpaired) electrons. The lowest BCUT2D eigenvalue weighted by Gasteiger charge is -2.20. The normalized spacial score (nSPS) is 12.8. The molecule has 8 heteroatoms. The highest BCUT2D eigenvalue weighted by Crippen LogP contribution is 2.27. The summed E-state index contributed by atoms with van der Waals surface area (Å²) in [6, 6.07) is 11.8. The fourth-order valence-electron chi connectivity index (χ4n) is 2.82. The summed E-state index contributed by atoms with van der Waals surface area (Å²) in [4.78, 5) is 34.6. The number of carbonyl (C=O) groups is 2. The fourth-order valence-corrected chi connectivity index (χ4v) is 2.82. The Morgan fingerprint density at radius 2 is 1.86 bits per heavy atom. The van der Waals surface area contributed by atoms with Crippen molar-refractivity contribution in [2.24, 2.45) is 5.73 Å². The minimum absolute atomic E-state index is 0.0626. The number of carboxylic acids is 1. The van der Waals surface area contributed by atoms with Crippen molar-refractivity contribution in [3.63, 3.8) is 0 Å². The number of nitrogens with two attached hydrogens (primary N) is 1. The first-order chi connectivity index (χ1) is 13.3. The summed E-state index contributed by atoms with van der Waals surface area (Å²) >= 11 is 0. The van der Waals surface area contributed by atoms with Gasteiger partial charge < -0.3 is 16.2 Å². The summed E-state index contributed by atoms with van der Waals surface area (Å²) in [5, 5.41) is 23.3. The number of nitro benzene ring substituents is 1. The molecule has 4 N–H and O–H groups in total. The van der Waals surface area contributed by atoms with Gasteiger partial charge in [-0.1, -0.05) is 36.4 Å². The zero-order valence-electron chi connectivity index (χ0n) is 15.5. The topological polar surface area (TPSA) is 136 Å². The Hall–Kier alpha value is -3.26. The van der Waals surface area contributed by atoms with Crippen molar-refractivity contribution >= 4 is 23.1 Å². The molecule has 2 atom stereocenters. The molecule has 0 aliphatic rings. The first-order valence-corrected chi connectivity index (χ1v) is 8.84. The maximum atomic E-state index is 12.8. The Kier molecular flexibility index (Phi) is 7.22. The summed E-state index contributed by atoms with van der Waals surface area (Å²) in [5.74, 6) is -1.35. The third kappa shape index (κ3) is 5.88. The third-order valence-corrected chi connectivity index (χ3v) is 4.37. The molecule has 0 saturated carbocycles. The predicted octanol–water partition coefficient (Wildman–Crippen LogP) is 2.69. The Balaban J connectivity index is 2.25. The lowest BCUT2D eigenvalue weighted by atomic mass is 9.97. The summed E-state index contributed by atoms with van der Waals surface area (Å²) in [5.41, 5.74) is 7.24. The van der Waals surface area contributed by atoms with Crippen LogP contribution in [0.1, 0.15) is 24.0 Å². The highest BCUT2D eigenvalue weighted by Gasteiger charge is 2.24. The summed E-state index contributed by atoms with van der Waals surface area (Å²) in [6.45, 7) is 1.79. The minimum atomic E-state index is -1.16. The van der Waals surface area contributed by atoms with E-state index < -0.39 is 23.0 Å². The van der Waals surface area contributed by atoms with Gasteiger partial charge in [0.15, 0.2) is 5.78 Å². The van der Waals surface area contributed by atoms with Crippen LogP contribution in [0.4, 0.5) is 11.4 Å². The van der Waals surface area contributed by atoms with E-state index in [1.54, 1.807) is 19.1 Å². The second kappa shape index (κ2) is 9.61. The summed E-state index contributed by atoms with van der Waals surface area (Å²) < 4.78 is 0. The smallest absolute Gasteiger partial charge is 0.320 e. The first kappa shape index (κ1) is 21.0. The molecule has 0 bridgehead atoms. The number of anilines is 1. The number of aliphatic carboxylic acids is 1. The fraction of sp³-hybridized carbons (Fsp3) is 0.300. The van der Waals surface area contributed by atoms with Crippen LogP contribution in [0.25, 0.3) is 0 Å². The molecule has 0 fully saturated rings. The molecular formula is C20H23N3O5. The molecule has 0 aromatic heterocycles. The van der Waals surface area contributed by atoms with E-state index in [9.17, 15) is 19.7 Å². The molecule has 0 aliphatic carbocycles. The summed E-state index contributed by atoms with van der Waals surface area (Å²) in [6.07, 6.45) is 0.331. The minimum Gasteiger partial charge on any atom is -0.480 e. The molecule has 8 nitrogen and oxygen atoms in total. The van der Waals surface area contributed by atoms with E-state index in [4.69, 9.17) is 10.8 Å². The quantitative estimate of drug-likeness (QED) is 0.422. The van der Waals surface area contributed by atoms with Crippen molar-refractivity contribution in [3.05, 3.63) is 69.8 Å². The molecule has 2 unspecified atom stereocenters. The number of benzene rings is 2. The van der Waals surface area contributed by atoms with Gasteiger partial charge in [-0.15, -0.1) is 0 Å². The van der Waals surface area contributed by atoms with Crippen LogP contribution in [0.2, 0.25) is 0 Å². The van der Waals surface area contributed by atoms with Crippen molar-refractivity contribution in [3.8, 4) is 0 Å². The number of nitro groups is 1. The van der Waals surface area contributed by atoms with Crippen LogP contribution in [0, 0.1) is 17.0 Å². The van der Waals surface area contributed by atoms with E-state index in [-0.39, 0.29) is 36.4 Å². The van der Waals surface area contributed by atoms with Crippen molar-refractivity contribution in [2.45, 2.75) is 38.3 Å². The number of ketones is 1. The molecular weight excluding hydrogens is 362 g/mol. The number of carboxylic acid groups (broad SMARTS) is 1. The van der Waals surface area contributed by atoms with E-state index in [2.05, 4.69) is 5.32 Å². The van der Waals surface area contributed by atoms with Crippen LogP contribution in [0.3, 0.4) is 0 Å². The number of aryl methyl sites for hydroxylation is 1. The second-order valence-corrected chi connectivity index (χ2v) is 6.63. The maximum absolute atomic E-state index is 12.8. The van der Waals surface area contributed by atoms with E-state index in [0.29, 0.717) is 0 Å². The van der Waals surface area contributed by atoms with Gasteiger partial charge >= 0.3 is 5.97 Å². The van der Waals surface area contributed by atoms with E-state index in [1.165, 1.54) is 6.07 Å². The van der Waals surface area contributed by atoms with Crippen LogP contribution < -0.4 is 11.1 Å². The van der Waals surface area contributed by atoms with Gasteiger partial charge in [0.1, 0.15) is 11.7 Å². The Bertz CT molecular complexity index is 854. The van der Waals surface area contributed by atoms with Gasteiger partial charge in [-0.3, -0.25) is 19.7 Å². The standard InChI is InChI=1S/C20H23N3O5/c1-13-7-10-18(23(27)28)17(11-13)22-16(9-8-15(21)20(25)26)19(24)12-14-5-3-2-4-6-14/h2-7,10-11,15-16,22H,8-9,12,21H2,1H3,(H,25,26). The number of nitrogens with one attached hydrogen (secondary N) is 1. The molecule has 0 spiro atoms. The molecule has 0 amide bonds. The molecule has 2 aromatic rings. The van der Waals surface area contributed by atoms with Crippen molar-refractivity contribution in [1.29, 1.82) is 0 Å². The molecule has 2 aromatic carbocycles. The van der Waals surface area contributed by atoms with Crippen LogP contribution in [0.5, 0.6) is 0 Å². The highest BCUT2D eigenvalue weighted by atomic mass is 16.6. The lowest BCUT2D eigenvalue weighted by Crippen LogP contribution is -2.36. The summed E-state index contributed by atoms with van der Waals surface area (Å²) in [7, 11) is 0. The van der Waals surface area contributed by atoms with Crippen LogP contribution in [-0.4, -0.2) is 33.9 Å². The molecule has 0 saturated heterocycles. The van der Waals surface area contributed by atoms with Crippen LogP contribution in [-0.2, 0) is 16.0 Å². The van der Waals surface area contributed by atoms with Gasteiger partial charge in [0.25, 0.3) is 5.69 Å². The van der Waals surface area contributed by atoms with Gasteiger partial charge in [-0.05, 0) is 37.0 Å². The zero-order valence-corrected chi connectivity index (χ0v) is 15.5. The van der Waals surface area contributed by atoms with Gasteiger partial charge in [0.2, 0.25) is 0 Å². The monoisotopic (exact) mass is 385 g/mol. The average Bonchev–Trinajstić information content (AvgIpc) is 2.65. The molecule has 0 aliphatic heterocycles. The lowest BCUT2D eigenvalue weighted by molar-refractivity contribution is -0.384. The second-order valence-electron chi connectivity index (χ2n) is 6.63. The Morgan fingerprint density at radius 1 is 1.18 bits per heavy atom. The van der Waals surface area contributed by atoms with Gasteiger partial charge in [0.05, 0.1) is 11.0 Å². The molecule has 0 heterocycles. The number of hydrogen-bond acceptors (Lipinski definition) is 6. The first-order valence-electron chi connectivity index (χ1n) is 8.84. The number of Topliss-reactive ketones (excluding diaryl/α,β-unsaturated/α-hetero) is 1. The Morgan fingerprint density at radius 3 is 2.46 bits per heavy atom. The van der Waals surface area contributed by atoms with Crippen molar-refractivity contribution in [2.75, 3.05) is 5.32 Å². The third-order valence-electron chi connectivity index (χ3n) is 4.37. The van der Waals surface area contributed by atoms with E-state index in [0.717, 1.165) is 11.1 Å². The van der Waals surface area contributed by atoms with E-state index >= 15 is 0 Å². The molecule has 28 heavy (non-hydrogen) atoms. The van der Waals surface area contributed by atoms with Crippen molar-refractivity contribution < 1.29 is 19.6 Å². The maximum Gasteiger partial charge on any atom is 0.320 e. The zero-order chi connectivity index (χ0) is 20.7. The van der Waals surface area contributed by atoms with Crippen LogP contribution >= 0.6 is 0 Å². The molecule has 2 rings (SSSR count). The van der Waals surface area contributed by atoms with Crippen LogP contribution in [0.15, 0.2) is 48.5 Å². The van der Waals surface area contributed by atoms with Gasteiger partial charge in [-0.25, -0.2) is 0 Å². The van der Waals surface area contributed by atoms with Crippen molar-refractivity contribution in [1.82, 2.24) is 0 Å². The largest absolute Gasteiger partial charge is 0.480 e. The SMILES string of the molecule is Cc1ccc([N+](=O)[O-])c(NC(CCC(N)C(=O)O)C(=O)Cc2ccccc2)c1. The number of carbonyl (C=O) groups excluding carboxylic acids is 1. The Labute approximate surface area is 162 Å². The average molecular weight is 385 g/mol. The predicted molar refractivity (Wildman–Crippen MR) is 105 cm³/mol. The number of rotatable bonds is 10.